The van der Waals surface area contributed by atoms with Gasteiger partial charge in [-0.1, -0.05) is 36.4 Å². The zero-order valence-corrected chi connectivity index (χ0v) is 12.5. The normalized spacial score (nSPS) is 10.6. The first-order valence-corrected chi connectivity index (χ1v) is 7.32. The van der Waals surface area contributed by atoms with Crippen LogP contribution in [0.2, 0.25) is 0 Å². The second-order valence-electron chi connectivity index (χ2n) is 5.13. The van der Waals surface area contributed by atoms with Crippen molar-refractivity contribution in [2.75, 3.05) is 19.0 Å². The summed E-state index contributed by atoms with van der Waals surface area (Å²) in [5.41, 5.74) is 4.79. The van der Waals surface area contributed by atoms with Crippen LogP contribution < -0.4 is 5.32 Å². The molecule has 0 aromatic heterocycles. The monoisotopic (exact) mass is 285 g/mol. The zero-order valence-electron chi connectivity index (χ0n) is 12.5. The number of aryl methyl sites for hydroxylation is 1. The van der Waals surface area contributed by atoms with Crippen LogP contribution in [0.3, 0.4) is 0 Å². The number of benzene rings is 2. The topological polar surface area (TPSA) is 41.5 Å². The molecule has 0 aliphatic heterocycles. The molecule has 0 aliphatic rings. The minimum Gasteiger partial charge on any atom is -0.396 e. The van der Waals surface area contributed by atoms with Gasteiger partial charge in [-0.25, -0.2) is 0 Å². The number of ether oxygens (including phenoxy) is 1. The van der Waals surface area contributed by atoms with Crippen molar-refractivity contribution in [3.05, 3.63) is 65.2 Å². The lowest BCUT2D eigenvalue weighted by molar-refractivity contribution is 0.185. The van der Waals surface area contributed by atoms with Crippen molar-refractivity contribution in [3.8, 4) is 0 Å². The summed E-state index contributed by atoms with van der Waals surface area (Å²) in [7, 11) is 1.71. The third-order valence-electron chi connectivity index (χ3n) is 3.35. The molecular weight excluding hydrogens is 262 g/mol. The van der Waals surface area contributed by atoms with Crippen molar-refractivity contribution in [3.63, 3.8) is 0 Å². The molecule has 0 unspecified atom stereocenters. The van der Waals surface area contributed by atoms with E-state index < -0.39 is 0 Å². The molecule has 21 heavy (non-hydrogen) atoms. The van der Waals surface area contributed by atoms with Crippen LogP contribution in [0.4, 0.5) is 5.69 Å². The van der Waals surface area contributed by atoms with Gasteiger partial charge in [0, 0.05) is 25.9 Å². The molecule has 2 N–H and O–H groups in total. The molecule has 0 saturated carbocycles. The standard InChI is InChI=1S/C18H23NO2/c1-21-14-17-7-2-6-16(11-17)13-19-18-9-3-5-15(12-18)8-4-10-20/h2-3,5-7,9,11-12,19-20H,4,8,10,13-14H2,1H3. The molecule has 0 amide bonds. The molecular formula is C18H23NO2. The van der Waals surface area contributed by atoms with Crippen molar-refractivity contribution < 1.29 is 9.84 Å². The number of methoxy groups -OCH3 is 1. The number of aliphatic hydroxyl groups is 1. The van der Waals surface area contributed by atoms with E-state index in [1.54, 1.807) is 7.11 Å². The van der Waals surface area contributed by atoms with Gasteiger partial charge >= 0.3 is 0 Å². The third-order valence-corrected chi connectivity index (χ3v) is 3.35. The highest BCUT2D eigenvalue weighted by atomic mass is 16.5. The predicted octanol–water partition coefficient (Wildman–Crippen LogP) is 3.37. The van der Waals surface area contributed by atoms with E-state index in [1.807, 2.05) is 0 Å². The summed E-state index contributed by atoms with van der Waals surface area (Å²) in [5.74, 6) is 0. The second kappa shape index (κ2) is 8.45. The summed E-state index contributed by atoms with van der Waals surface area (Å²) >= 11 is 0. The molecule has 0 atom stereocenters. The molecule has 0 saturated heterocycles. The first kappa shape index (κ1) is 15.5. The smallest absolute Gasteiger partial charge is 0.0713 e. The number of aliphatic hydroxyl groups excluding tert-OH is 1. The van der Waals surface area contributed by atoms with Crippen LogP contribution in [-0.4, -0.2) is 18.8 Å². The zero-order chi connectivity index (χ0) is 14.9. The van der Waals surface area contributed by atoms with E-state index >= 15 is 0 Å². The SMILES string of the molecule is COCc1cccc(CNc2cccc(CCCO)c2)c1. The van der Waals surface area contributed by atoms with Gasteiger partial charge in [-0.2, -0.15) is 0 Å². The van der Waals surface area contributed by atoms with Gasteiger partial charge < -0.3 is 15.2 Å². The van der Waals surface area contributed by atoms with Crippen LogP contribution in [0.1, 0.15) is 23.1 Å². The predicted molar refractivity (Wildman–Crippen MR) is 86.3 cm³/mol. The number of anilines is 1. The lowest BCUT2D eigenvalue weighted by atomic mass is 10.1. The highest BCUT2D eigenvalue weighted by molar-refractivity contribution is 5.46. The Bertz CT molecular complexity index is 554. The first-order chi connectivity index (χ1) is 10.3. The van der Waals surface area contributed by atoms with Crippen LogP contribution >= 0.6 is 0 Å². The molecule has 0 bridgehead atoms. The fraction of sp³-hybridized carbons (Fsp3) is 0.333. The summed E-state index contributed by atoms with van der Waals surface area (Å²) in [5, 5.41) is 12.3. The van der Waals surface area contributed by atoms with E-state index in [2.05, 4.69) is 53.8 Å². The van der Waals surface area contributed by atoms with Crippen molar-refractivity contribution in [1.29, 1.82) is 0 Å². The van der Waals surface area contributed by atoms with Crippen molar-refractivity contribution in [1.82, 2.24) is 0 Å². The Morgan fingerprint density at radius 3 is 2.57 bits per heavy atom. The Kier molecular flexibility index (Phi) is 6.25. The summed E-state index contributed by atoms with van der Waals surface area (Å²) < 4.78 is 5.16. The van der Waals surface area contributed by atoms with Crippen LogP contribution in [0.5, 0.6) is 0 Å². The number of rotatable bonds is 8. The summed E-state index contributed by atoms with van der Waals surface area (Å²) in [6.07, 6.45) is 1.72. The van der Waals surface area contributed by atoms with Crippen LogP contribution in [0, 0.1) is 0 Å². The molecule has 2 rings (SSSR count). The van der Waals surface area contributed by atoms with Gasteiger partial charge in [-0.15, -0.1) is 0 Å². The molecule has 2 aromatic rings. The maximum absolute atomic E-state index is 8.89. The number of hydrogen-bond donors (Lipinski definition) is 2. The maximum Gasteiger partial charge on any atom is 0.0713 e. The minimum atomic E-state index is 0.240. The first-order valence-electron chi connectivity index (χ1n) is 7.32. The van der Waals surface area contributed by atoms with Gasteiger partial charge in [-0.3, -0.25) is 0 Å². The Morgan fingerprint density at radius 2 is 1.76 bits per heavy atom. The average Bonchev–Trinajstić information content (AvgIpc) is 2.52. The lowest BCUT2D eigenvalue weighted by Gasteiger charge is -2.09. The molecule has 3 heteroatoms. The molecule has 0 aliphatic carbocycles. The van der Waals surface area contributed by atoms with Gasteiger partial charge in [-0.05, 0) is 41.7 Å². The fourth-order valence-electron chi connectivity index (χ4n) is 2.32. The minimum absolute atomic E-state index is 0.240. The van der Waals surface area contributed by atoms with E-state index in [-0.39, 0.29) is 6.61 Å². The van der Waals surface area contributed by atoms with Gasteiger partial charge in [0.15, 0.2) is 0 Å². The largest absolute Gasteiger partial charge is 0.396 e. The lowest BCUT2D eigenvalue weighted by Crippen LogP contribution is -2.01. The van der Waals surface area contributed by atoms with E-state index in [0.29, 0.717) is 6.61 Å². The quantitative estimate of drug-likeness (QED) is 0.781. The Labute approximate surface area is 126 Å². The van der Waals surface area contributed by atoms with Gasteiger partial charge in [0.25, 0.3) is 0 Å². The van der Waals surface area contributed by atoms with Gasteiger partial charge in [0.2, 0.25) is 0 Å². The molecule has 0 fully saturated rings. The molecule has 0 spiro atoms. The van der Waals surface area contributed by atoms with Crippen LogP contribution in [0.15, 0.2) is 48.5 Å². The van der Waals surface area contributed by atoms with Crippen LogP contribution in [-0.2, 0) is 24.3 Å². The van der Waals surface area contributed by atoms with E-state index in [4.69, 9.17) is 9.84 Å². The van der Waals surface area contributed by atoms with E-state index in [1.165, 1.54) is 16.7 Å². The second-order valence-corrected chi connectivity index (χ2v) is 5.13. The Balaban J connectivity index is 1.94. The van der Waals surface area contributed by atoms with E-state index in [9.17, 15) is 0 Å². The average molecular weight is 285 g/mol. The van der Waals surface area contributed by atoms with E-state index in [0.717, 1.165) is 25.1 Å². The molecule has 2 aromatic carbocycles. The maximum atomic E-state index is 8.89. The van der Waals surface area contributed by atoms with Crippen molar-refractivity contribution in [2.24, 2.45) is 0 Å². The fourth-order valence-corrected chi connectivity index (χ4v) is 2.32. The summed E-state index contributed by atoms with van der Waals surface area (Å²) in [4.78, 5) is 0. The highest BCUT2D eigenvalue weighted by Gasteiger charge is 1.99. The third kappa shape index (κ3) is 5.21. The molecule has 0 radical (unpaired) electrons. The van der Waals surface area contributed by atoms with Gasteiger partial charge in [0.05, 0.1) is 6.61 Å². The Morgan fingerprint density at radius 1 is 1.00 bits per heavy atom. The summed E-state index contributed by atoms with van der Waals surface area (Å²) in [6, 6.07) is 16.8. The summed E-state index contributed by atoms with van der Waals surface area (Å²) in [6.45, 7) is 1.68. The van der Waals surface area contributed by atoms with Crippen molar-refractivity contribution >= 4 is 5.69 Å². The molecule has 112 valence electrons. The van der Waals surface area contributed by atoms with Gasteiger partial charge in [0.1, 0.15) is 0 Å². The van der Waals surface area contributed by atoms with Crippen LogP contribution in [0.25, 0.3) is 0 Å². The van der Waals surface area contributed by atoms with Crippen molar-refractivity contribution in [2.45, 2.75) is 26.0 Å². The number of hydrogen-bond acceptors (Lipinski definition) is 3. The highest BCUT2D eigenvalue weighted by Crippen LogP contribution is 2.14. The molecule has 0 heterocycles. The Hall–Kier alpha value is -1.84. The molecule has 3 nitrogen and oxygen atoms in total. The number of nitrogens with one attached hydrogen (secondary N) is 1.